The molecule has 5 nitrogen and oxygen atoms in total. The summed E-state index contributed by atoms with van der Waals surface area (Å²) in [6, 6.07) is 0.551. The highest BCUT2D eigenvalue weighted by molar-refractivity contribution is 6.31. The van der Waals surface area contributed by atoms with Crippen LogP contribution in [0, 0.1) is 6.92 Å². The van der Waals surface area contributed by atoms with Crippen LogP contribution < -0.4 is 0 Å². The van der Waals surface area contributed by atoms with Crippen molar-refractivity contribution in [3.8, 4) is 0 Å². The van der Waals surface area contributed by atoms with Gasteiger partial charge in [-0.15, -0.1) is 0 Å². The first-order chi connectivity index (χ1) is 10.0. The van der Waals surface area contributed by atoms with Crippen molar-refractivity contribution in [3.63, 3.8) is 0 Å². The summed E-state index contributed by atoms with van der Waals surface area (Å²) in [5.74, 6) is -0.280. The molecule has 3 rings (SSSR count). The third-order valence-corrected chi connectivity index (χ3v) is 5.31. The van der Waals surface area contributed by atoms with Gasteiger partial charge in [-0.25, -0.2) is 0 Å². The molecule has 1 saturated heterocycles. The van der Waals surface area contributed by atoms with Crippen LogP contribution in [0.3, 0.4) is 0 Å². The molecule has 0 bridgehead atoms. The van der Waals surface area contributed by atoms with Gasteiger partial charge < -0.3 is 9.47 Å². The maximum absolute atomic E-state index is 6.35. The summed E-state index contributed by atoms with van der Waals surface area (Å²) in [5, 5.41) is 5.18. The Hall–Kier alpha value is -0.620. The van der Waals surface area contributed by atoms with Crippen LogP contribution in [0.1, 0.15) is 37.1 Å². The lowest BCUT2D eigenvalue weighted by Crippen LogP contribution is -2.42. The Balaban J connectivity index is 1.60. The van der Waals surface area contributed by atoms with Crippen LogP contribution in [0.15, 0.2) is 0 Å². The van der Waals surface area contributed by atoms with E-state index in [1.165, 1.54) is 0 Å². The molecule has 0 N–H and O–H groups in total. The molecule has 0 atom stereocenters. The van der Waals surface area contributed by atoms with E-state index in [4.69, 9.17) is 21.1 Å². The predicted molar refractivity (Wildman–Crippen MR) is 81.3 cm³/mol. The number of ether oxygens (including phenoxy) is 2. The highest BCUT2D eigenvalue weighted by Gasteiger charge is 2.41. The van der Waals surface area contributed by atoms with Gasteiger partial charge in [0.05, 0.1) is 29.6 Å². The topological polar surface area (TPSA) is 39.5 Å². The van der Waals surface area contributed by atoms with E-state index in [1.54, 1.807) is 0 Å². The Bertz CT molecular complexity index is 501. The second-order valence-corrected chi connectivity index (χ2v) is 6.60. The van der Waals surface area contributed by atoms with Crippen molar-refractivity contribution in [2.24, 2.45) is 7.05 Å². The van der Waals surface area contributed by atoms with Crippen LogP contribution in [-0.2, 0) is 23.1 Å². The van der Waals surface area contributed by atoms with Gasteiger partial charge in [-0.2, -0.15) is 5.10 Å². The molecule has 1 aliphatic carbocycles. The molecule has 0 aromatic carbocycles. The second kappa shape index (κ2) is 5.88. The Labute approximate surface area is 131 Å². The van der Waals surface area contributed by atoms with Crippen LogP contribution >= 0.6 is 11.6 Å². The number of rotatable bonds is 3. The largest absolute Gasteiger partial charge is 0.348 e. The molecule has 1 saturated carbocycles. The lowest BCUT2D eigenvalue weighted by atomic mass is 9.89. The summed E-state index contributed by atoms with van der Waals surface area (Å²) in [6.07, 6.45) is 4.18. The number of aromatic nitrogens is 2. The minimum Gasteiger partial charge on any atom is -0.348 e. The van der Waals surface area contributed by atoms with Crippen LogP contribution in [-0.4, -0.2) is 46.8 Å². The van der Waals surface area contributed by atoms with Crippen molar-refractivity contribution in [1.29, 1.82) is 0 Å². The maximum atomic E-state index is 6.35. The molecule has 1 aliphatic heterocycles. The summed E-state index contributed by atoms with van der Waals surface area (Å²) in [6.45, 7) is 4.26. The molecule has 118 valence electrons. The first-order valence-electron chi connectivity index (χ1n) is 7.67. The minimum atomic E-state index is -0.280. The zero-order chi connectivity index (χ0) is 15.0. The minimum absolute atomic E-state index is 0.280. The van der Waals surface area contributed by atoms with Gasteiger partial charge in [0.2, 0.25) is 0 Å². The quantitative estimate of drug-likeness (QED) is 0.859. The molecular formula is C15H24ClN3O2. The first kappa shape index (κ1) is 15.3. The van der Waals surface area contributed by atoms with E-state index in [9.17, 15) is 0 Å². The summed E-state index contributed by atoms with van der Waals surface area (Å²) in [4.78, 5) is 2.38. The van der Waals surface area contributed by atoms with Gasteiger partial charge in [-0.05, 0) is 26.8 Å². The molecule has 6 heteroatoms. The molecule has 1 aromatic heterocycles. The number of hydrogen-bond acceptors (Lipinski definition) is 4. The Morgan fingerprint density at radius 3 is 2.48 bits per heavy atom. The highest BCUT2D eigenvalue weighted by atomic mass is 35.5. The van der Waals surface area contributed by atoms with Crippen LogP contribution in [0.2, 0.25) is 5.02 Å². The SMILES string of the molecule is Cc1nn(C)c(CN(C)C2CCC3(CC2)OCCO3)c1Cl. The summed E-state index contributed by atoms with van der Waals surface area (Å²) in [7, 11) is 4.12. The molecule has 0 radical (unpaired) electrons. The lowest BCUT2D eigenvalue weighted by molar-refractivity contribution is -0.183. The normalized spacial score (nSPS) is 22.5. The van der Waals surface area contributed by atoms with Crippen LogP contribution in [0.25, 0.3) is 0 Å². The van der Waals surface area contributed by atoms with E-state index in [-0.39, 0.29) is 5.79 Å². The Kier molecular flexibility index (Phi) is 4.28. The van der Waals surface area contributed by atoms with Crippen molar-refractivity contribution >= 4 is 11.6 Å². The predicted octanol–water partition coefficient (Wildman–Crippen LogP) is 2.50. The van der Waals surface area contributed by atoms with Crippen molar-refractivity contribution in [3.05, 3.63) is 16.4 Å². The summed E-state index contributed by atoms with van der Waals surface area (Å²) in [5.41, 5.74) is 1.99. The number of hydrogen-bond donors (Lipinski definition) is 0. The van der Waals surface area contributed by atoms with Gasteiger partial charge >= 0.3 is 0 Å². The van der Waals surface area contributed by atoms with Crippen molar-refractivity contribution in [2.45, 2.75) is 51.0 Å². The Morgan fingerprint density at radius 2 is 1.95 bits per heavy atom. The number of nitrogens with zero attached hydrogens (tertiary/aromatic N) is 3. The fourth-order valence-electron chi connectivity index (χ4n) is 3.49. The van der Waals surface area contributed by atoms with E-state index in [0.29, 0.717) is 6.04 Å². The fourth-order valence-corrected chi connectivity index (χ4v) is 3.71. The molecule has 2 heterocycles. The first-order valence-corrected chi connectivity index (χ1v) is 8.05. The molecule has 0 amide bonds. The summed E-state index contributed by atoms with van der Waals surface area (Å²) < 4.78 is 13.5. The van der Waals surface area contributed by atoms with Gasteiger partial charge in [0.15, 0.2) is 5.79 Å². The van der Waals surface area contributed by atoms with Crippen molar-refractivity contribution in [2.75, 3.05) is 20.3 Å². The average molecular weight is 314 g/mol. The third-order valence-electron chi connectivity index (χ3n) is 4.81. The molecule has 0 unspecified atom stereocenters. The fraction of sp³-hybridized carbons (Fsp3) is 0.800. The van der Waals surface area contributed by atoms with E-state index in [2.05, 4.69) is 17.0 Å². The molecule has 1 aromatic rings. The number of halogens is 1. The lowest BCUT2D eigenvalue weighted by Gasteiger charge is -2.39. The van der Waals surface area contributed by atoms with Gasteiger partial charge in [0.1, 0.15) is 0 Å². The maximum Gasteiger partial charge on any atom is 0.168 e. The molecular weight excluding hydrogens is 290 g/mol. The van der Waals surface area contributed by atoms with Gasteiger partial charge in [-0.1, -0.05) is 11.6 Å². The Morgan fingerprint density at radius 1 is 1.33 bits per heavy atom. The van der Waals surface area contributed by atoms with Crippen LogP contribution in [0.5, 0.6) is 0 Å². The van der Waals surface area contributed by atoms with E-state index in [0.717, 1.165) is 61.9 Å². The smallest absolute Gasteiger partial charge is 0.168 e. The second-order valence-electron chi connectivity index (χ2n) is 6.22. The van der Waals surface area contributed by atoms with Crippen LogP contribution in [0.4, 0.5) is 0 Å². The number of aryl methyl sites for hydroxylation is 2. The standard InChI is InChI=1S/C15H24ClN3O2/c1-11-14(16)13(19(3)17-11)10-18(2)12-4-6-15(7-5-12)20-8-9-21-15/h12H,4-10H2,1-3H3. The monoisotopic (exact) mass is 313 g/mol. The molecule has 21 heavy (non-hydrogen) atoms. The molecule has 2 aliphatic rings. The average Bonchev–Trinajstić information content (AvgIpc) is 3.00. The van der Waals surface area contributed by atoms with Gasteiger partial charge in [0, 0.05) is 32.5 Å². The van der Waals surface area contributed by atoms with E-state index in [1.807, 2.05) is 18.7 Å². The zero-order valence-electron chi connectivity index (χ0n) is 13.1. The third kappa shape index (κ3) is 2.97. The van der Waals surface area contributed by atoms with Gasteiger partial charge in [-0.3, -0.25) is 9.58 Å². The van der Waals surface area contributed by atoms with Crippen molar-refractivity contribution in [1.82, 2.24) is 14.7 Å². The zero-order valence-corrected chi connectivity index (χ0v) is 13.8. The molecule has 1 spiro atoms. The van der Waals surface area contributed by atoms with Gasteiger partial charge in [0.25, 0.3) is 0 Å². The summed E-state index contributed by atoms with van der Waals surface area (Å²) >= 11 is 6.35. The van der Waals surface area contributed by atoms with Crippen molar-refractivity contribution < 1.29 is 9.47 Å². The van der Waals surface area contributed by atoms with E-state index < -0.39 is 0 Å². The van der Waals surface area contributed by atoms with E-state index >= 15 is 0 Å². The highest BCUT2D eigenvalue weighted by Crippen LogP contribution is 2.37. The molecule has 2 fully saturated rings.